The molecule has 45 heavy (non-hydrogen) atoms. The van der Waals surface area contributed by atoms with Crippen LogP contribution in [0, 0.1) is 6.92 Å². The highest BCUT2D eigenvalue weighted by atomic mass is 79.9. The number of aromatic nitrogens is 1. The Morgan fingerprint density at radius 1 is 0.889 bits per heavy atom. The number of hydrogen-bond acceptors (Lipinski definition) is 5. The molecule has 7 nitrogen and oxygen atoms in total. The number of carboxylic acid groups (broad SMARTS) is 1. The molecule has 5 aromatic rings. The van der Waals surface area contributed by atoms with Gasteiger partial charge in [-0.3, -0.25) is 4.79 Å². The average Bonchev–Trinajstić information content (AvgIpc) is 3.42. The predicted octanol–water partition coefficient (Wildman–Crippen LogP) is 9.52. The van der Waals surface area contributed by atoms with E-state index < -0.39 is 17.9 Å². The number of aliphatic carboxylic acids is 1. The Kier molecular flexibility index (Phi) is 9.70. The minimum absolute atomic E-state index is 0.123. The van der Waals surface area contributed by atoms with Crippen LogP contribution in [0.1, 0.15) is 69.4 Å². The van der Waals surface area contributed by atoms with Crippen LogP contribution >= 0.6 is 31.9 Å². The first kappa shape index (κ1) is 32.3. The third kappa shape index (κ3) is 6.65. The molecule has 1 unspecified atom stereocenters. The number of aryl methyl sites for hydroxylation is 1. The molecule has 0 bridgehead atoms. The zero-order valence-corrected chi connectivity index (χ0v) is 28.7. The summed E-state index contributed by atoms with van der Waals surface area (Å²) < 4.78 is 19.1. The summed E-state index contributed by atoms with van der Waals surface area (Å²) in [6.45, 7) is 6.23. The van der Waals surface area contributed by atoms with Crippen molar-refractivity contribution >= 4 is 54.7 Å². The number of hydrogen-bond donors (Lipinski definition) is 2. The Balaban J connectivity index is 1.82. The second-order valence-electron chi connectivity index (χ2n) is 11.2. The molecule has 0 fully saturated rings. The number of halogens is 2. The maximum Gasteiger partial charge on any atom is 0.338 e. The lowest BCUT2D eigenvalue weighted by Gasteiger charge is -2.25. The number of H-pyrrole nitrogens is 1. The van der Waals surface area contributed by atoms with Gasteiger partial charge >= 0.3 is 11.9 Å². The Labute approximate surface area is 278 Å². The van der Waals surface area contributed by atoms with Crippen molar-refractivity contribution in [2.24, 2.45) is 0 Å². The Bertz CT molecular complexity index is 1890. The second kappa shape index (κ2) is 13.5. The number of aromatic amines is 1. The molecule has 1 atom stereocenters. The van der Waals surface area contributed by atoms with E-state index in [4.69, 9.17) is 14.2 Å². The summed E-state index contributed by atoms with van der Waals surface area (Å²) in [5.74, 6) is 0.185. The molecular weight excluding hydrogens is 702 g/mol. The van der Waals surface area contributed by atoms with Crippen molar-refractivity contribution in [3.63, 3.8) is 0 Å². The van der Waals surface area contributed by atoms with Crippen LogP contribution in [0.25, 0.3) is 10.9 Å². The van der Waals surface area contributed by atoms with Crippen molar-refractivity contribution in [2.75, 3.05) is 14.2 Å². The van der Waals surface area contributed by atoms with Gasteiger partial charge in [-0.1, -0.05) is 49.7 Å². The summed E-state index contributed by atoms with van der Waals surface area (Å²) >= 11 is 7.23. The fourth-order valence-electron chi connectivity index (χ4n) is 5.73. The number of nitrogens with one attached hydrogen (secondary N) is 1. The first-order chi connectivity index (χ1) is 21.5. The predicted molar refractivity (Wildman–Crippen MR) is 182 cm³/mol. The van der Waals surface area contributed by atoms with Crippen molar-refractivity contribution in [1.82, 2.24) is 4.98 Å². The van der Waals surface area contributed by atoms with E-state index in [1.807, 2.05) is 49.5 Å². The lowest BCUT2D eigenvalue weighted by atomic mass is 9.82. The number of benzene rings is 4. The van der Waals surface area contributed by atoms with E-state index in [0.29, 0.717) is 37.3 Å². The third-order valence-corrected chi connectivity index (χ3v) is 8.93. The molecule has 9 heteroatoms. The summed E-state index contributed by atoms with van der Waals surface area (Å²) in [7, 11) is 3.03. The Morgan fingerprint density at radius 3 is 2.20 bits per heavy atom. The highest BCUT2D eigenvalue weighted by molar-refractivity contribution is 9.11. The number of carbonyl (C=O) groups excluding carboxylic acids is 1. The van der Waals surface area contributed by atoms with Crippen LogP contribution in [-0.2, 0) is 16.0 Å². The summed E-state index contributed by atoms with van der Waals surface area (Å²) in [5, 5.41) is 10.1. The maximum absolute atomic E-state index is 13.0. The van der Waals surface area contributed by atoms with Crippen LogP contribution in [0.2, 0.25) is 0 Å². The molecule has 4 aromatic carbocycles. The highest BCUT2D eigenvalue weighted by Gasteiger charge is 2.29. The van der Waals surface area contributed by atoms with E-state index in [1.165, 1.54) is 7.11 Å². The summed E-state index contributed by atoms with van der Waals surface area (Å²) in [6, 6.07) is 21.3. The average molecular weight is 735 g/mol. The lowest BCUT2D eigenvalue weighted by Crippen LogP contribution is -2.09. The molecule has 5 rings (SSSR count). The summed E-state index contributed by atoms with van der Waals surface area (Å²) in [6.07, 6.45) is 1.81. The minimum atomic E-state index is -0.924. The van der Waals surface area contributed by atoms with E-state index in [9.17, 15) is 14.7 Å². The topological polar surface area (TPSA) is 97.9 Å². The van der Waals surface area contributed by atoms with Gasteiger partial charge < -0.3 is 24.3 Å². The van der Waals surface area contributed by atoms with Gasteiger partial charge in [-0.25, -0.2) is 4.79 Å². The number of fused-ring (bicyclic) bond motifs is 1. The molecule has 0 aliphatic heterocycles. The molecule has 2 N–H and O–H groups in total. The lowest BCUT2D eigenvalue weighted by molar-refractivity contribution is -0.136. The van der Waals surface area contributed by atoms with Crippen LogP contribution in [-0.4, -0.2) is 36.2 Å². The molecule has 0 saturated carbocycles. The molecule has 0 aliphatic rings. The fraction of sp³-hybridized carbons (Fsp3) is 0.222. The van der Waals surface area contributed by atoms with Gasteiger partial charge in [0.05, 0.1) is 35.1 Å². The van der Waals surface area contributed by atoms with Crippen LogP contribution in [0.3, 0.4) is 0 Å². The highest BCUT2D eigenvalue weighted by Crippen LogP contribution is 2.48. The van der Waals surface area contributed by atoms with Crippen LogP contribution in [0.4, 0.5) is 0 Å². The number of carboxylic acids is 1. The molecule has 0 amide bonds. The van der Waals surface area contributed by atoms with Gasteiger partial charge in [0.25, 0.3) is 0 Å². The zero-order valence-electron chi connectivity index (χ0n) is 25.5. The molecule has 0 spiro atoms. The van der Waals surface area contributed by atoms with E-state index in [0.717, 1.165) is 38.7 Å². The van der Waals surface area contributed by atoms with E-state index in [-0.39, 0.29) is 12.3 Å². The van der Waals surface area contributed by atoms with Gasteiger partial charge in [-0.2, -0.15) is 0 Å². The van der Waals surface area contributed by atoms with Crippen LogP contribution < -0.4 is 9.47 Å². The monoisotopic (exact) mass is 733 g/mol. The number of rotatable bonds is 10. The standard InChI is InChI=1S/C36H33Br2NO6/c1-19(2)24-16-31(45-35-27(37)13-21(14-28(35)38)15-32(40)41)25(17-30(24)43-4)33(22-9-6-8-20(3)12-22)26-18-39-29-11-7-10-23(34(26)29)36(42)44-5/h6-14,16-19,33,39H,15H2,1-5H3,(H,40,41). The second-order valence-corrected chi connectivity index (χ2v) is 12.9. The minimum Gasteiger partial charge on any atom is -0.496 e. The molecule has 0 saturated heterocycles. The number of ether oxygens (including phenoxy) is 3. The van der Waals surface area contributed by atoms with Crippen molar-refractivity contribution < 1.29 is 28.9 Å². The normalized spacial score (nSPS) is 11.9. The zero-order chi connectivity index (χ0) is 32.4. The summed E-state index contributed by atoms with van der Waals surface area (Å²) in [5.41, 5.74) is 6.61. The van der Waals surface area contributed by atoms with Gasteiger partial charge in [0, 0.05) is 34.1 Å². The van der Waals surface area contributed by atoms with Gasteiger partial charge in [-0.15, -0.1) is 0 Å². The number of esters is 1. The molecule has 1 aromatic heterocycles. The number of carbonyl (C=O) groups is 2. The molecule has 0 aliphatic carbocycles. The van der Waals surface area contributed by atoms with E-state index in [2.05, 4.69) is 62.8 Å². The Hall–Kier alpha value is -4.08. The van der Waals surface area contributed by atoms with E-state index in [1.54, 1.807) is 25.3 Å². The molecule has 0 radical (unpaired) electrons. The smallest absolute Gasteiger partial charge is 0.338 e. The van der Waals surface area contributed by atoms with Crippen molar-refractivity contribution in [3.05, 3.63) is 121 Å². The summed E-state index contributed by atoms with van der Waals surface area (Å²) in [4.78, 5) is 27.8. The van der Waals surface area contributed by atoms with Crippen molar-refractivity contribution in [2.45, 2.75) is 39.0 Å². The van der Waals surface area contributed by atoms with Crippen molar-refractivity contribution in [3.8, 4) is 17.2 Å². The van der Waals surface area contributed by atoms with Gasteiger partial charge in [0.2, 0.25) is 0 Å². The maximum atomic E-state index is 13.0. The fourth-order valence-corrected chi connectivity index (χ4v) is 7.17. The van der Waals surface area contributed by atoms with Crippen molar-refractivity contribution in [1.29, 1.82) is 0 Å². The quantitative estimate of drug-likeness (QED) is 0.139. The first-order valence-corrected chi connectivity index (χ1v) is 15.9. The molecular formula is C36H33Br2NO6. The third-order valence-electron chi connectivity index (χ3n) is 7.75. The molecule has 232 valence electrons. The number of methoxy groups -OCH3 is 2. The Morgan fingerprint density at radius 2 is 1.58 bits per heavy atom. The largest absolute Gasteiger partial charge is 0.496 e. The SMILES string of the molecule is COC(=O)c1cccc2[nH]cc(C(c3cccc(C)c3)c3cc(OC)c(C(C)C)cc3Oc3c(Br)cc(CC(=O)O)cc3Br)c12. The van der Waals surface area contributed by atoms with Crippen LogP contribution in [0.5, 0.6) is 17.2 Å². The van der Waals surface area contributed by atoms with E-state index >= 15 is 0 Å². The van der Waals surface area contributed by atoms with Gasteiger partial charge in [0.15, 0.2) is 5.75 Å². The van der Waals surface area contributed by atoms with Crippen LogP contribution in [0.15, 0.2) is 81.9 Å². The molecule has 1 heterocycles. The van der Waals surface area contributed by atoms with Gasteiger partial charge in [-0.05, 0) is 97.8 Å². The van der Waals surface area contributed by atoms with Gasteiger partial charge in [0.1, 0.15) is 11.5 Å². The first-order valence-electron chi connectivity index (χ1n) is 14.4.